The number of benzene rings is 2. The van der Waals surface area contributed by atoms with E-state index < -0.39 is 5.91 Å². The Hall–Kier alpha value is -4.29. The predicted molar refractivity (Wildman–Crippen MR) is 134 cm³/mol. The second-order valence-electron chi connectivity index (χ2n) is 7.79. The van der Waals surface area contributed by atoms with Gasteiger partial charge in [0, 0.05) is 30.3 Å². The summed E-state index contributed by atoms with van der Waals surface area (Å²) >= 11 is 5.89. The Labute approximate surface area is 208 Å². The average Bonchev–Trinajstić information content (AvgIpc) is 2.84. The first-order valence-electron chi connectivity index (χ1n) is 10.8. The highest BCUT2D eigenvalue weighted by Gasteiger charge is 2.24. The lowest BCUT2D eigenvalue weighted by Crippen LogP contribution is -2.42. The molecule has 180 valence electrons. The van der Waals surface area contributed by atoms with Gasteiger partial charge in [-0.05, 0) is 66.9 Å². The number of hydrogen-bond acceptors (Lipinski definition) is 6. The van der Waals surface area contributed by atoms with Crippen molar-refractivity contribution in [1.82, 2.24) is 4.90 Å². The molecule has 1 unspecified atom stereocenters. The van der Waals surface area contributed by atoms with Gasteiger partial charge in [0.25, 0.3) is 5.91 Å². The number of nitriles is 1. The molecular formula is C25H25ClN6O3. The summed E-state index contributed by atoms with van der Waals surface area (Å²) < 4.78 is 5.77. The largest absolute Gasteiger partial charge is 0.457 e. The number of ether oxygens (including phenoxy) is 1. The van der Waals surface area contributed by atoms with Gasteiger partial charge in [0.2, 0.25) is 5.91 Å². The van der Waals surface area contributed by atoms with E-state index in [-0.39, 0.29) is 29.1 Å². The summed E-state index contributed by atoms with van der Waals surface area (Å²) in [7, 11) is 0. The summed E-state index contributed by atoms with van der Waals surface area (Å²) in [4.78, 5) is 30.4. The number of primary amides is 1. The third-order valence-electron chi connectivity index (χ3n) is 5.32. The van der Waals surface area contributed by atoms with E-state index in [0.29, 0.717) is 48.0 Å². The zero-order valence-electron chi connectivity index (χ0n) is 18.9. The van der Waals surface area contributed by atoms with Crippen LogP contribution in [0.1, 0.15) is 18.4 Å². The van der Waals surface area contributed by atoms with Crippen LogP contribution in [0.15, 0.2) is 71.2 Å². The number of amides is 2. The highest BCUT2D eigenvalue weighted by atomic mass is 35.5. The normalized spacial score (nSPS) is 17.0. The molecular weight excluding hydrogens is 468 g/mol. The number of carbonyl (C=O) groups is 2. The zero-order valence-corrected chi connectivity index (χ0v) is 19.6. The van der Waals surface area contributed by atoms with Crippen LogP contribution in [0.4, 0.5) is 0 Å². The molecule has 0 aromatic heterocycles. The molecule has 1 aliphatic rings. The Morgan fingerprint density at radius 3 is 2.31 bits per heavy atom. The summed E-state index contributed by atoms with van der Waals surface area (Å²) in [6.45, 7) is 0.851. The van der Waals surface area contributed by atoms with E-state index in [1.807, 2.05) is 0 Å². The first-order valence-corrected chi connectivity index (χ1v) is 11.2. The molecule has 6 N–H and O–H groups in total. The van der Waals surface area contributed by atoms with Crippen molar-refractivity contribution in [2.24, 2.45) is 22.2 Å². The van der Waals surface area contributed by atoms with Gasteiger partial charge in [-0.25, -0.2) is 0 Å². The van der Waals surface area contributed by atoms with Crippen molar-refractivity contribution >= 4 is 34.9 Å². The SMILES string of the molecule is N#C/C=C/C(=O)N1CCCC(N=C(N)C(C(N)=O)=C(N)c2ccc(Oc3ccc(Cl)cc3)cc2)C1. The Morgan fingerprint density at radius 2 is 1.71 bits per heavy atom. The Morgan fingerprint density at radius 1 is 1.09 bits per heavy atom. The number of piperidine rings is 1. The maximum Gasteiger partial charge on any atom is 0.254 e. The van der Waals surface area contributed by atoms with Gasteiger partial charge < -0.3 is 26.8 Å². The number of nitrogens with zero attached hydrogens (tertiary/aromatic N) is 3. The van der Waals surface area contributed by atoms with Crippen molar-refractivity contribution in [3.05, 3.63) is 76.8 Å². The van der Waals surface area contributed by atoms with E-state index >= 15 is 0 Å². The lowest BCUT2D eigenvalue weighted by Gasteiger charge is -2.30. The number of halogens is 1. The summed E-state index contributed by atoms with van der Waals surface area (Å²) in [6, 6.07) is 15.1. The molecule has 1 fully saturated rings. The fourth-order valence-electron chi connectivity index (χ4n) is 3.62. The quantitative estimate of drug-likeness (QED) is 0.233. The van der Waals surface area contributed by atoms with Crippen LogP contribution in [0.3, 0.4) is 0 Å². The molecule has 0 spiro atoms. The van der Waals surface area contributed by atoms with Crippen molar-refractivity contribution in [2.75, 3.05) is 13.1 Å². The van der Waals surface area contributed by atoms with E-state index in [2.05, 4.69) is 4.99 Å². The molecule has 10 heteroatoms. The lowest BCUT2D eigenvalue weighted by molar-refractivity contribution is -0.127. The average molecular weight is 493 g/mol. The van der Waals surface area contributed by atoms with Gasteiger partial charge in [-0.3, -0.25) is 14.6 Å². The Kier molecular flexibility index (Phi) is 8.48. The van der Waals surface area contributed by atoms with Gasteiger partial charge >= 0.3 is 0 Å². The number of allylic oxidation sites excluding steroid dienone is 1. The lowest BCUT2D eigenvalue weighted by atomic mass is 10.0. The van der Waals surface area contributed by atoms with Crippen LogP contribution in [-0.4, -0.2) is 41.7 Å². The summed E-state index contributed by atoms with van der Waals surface area (Å²) in [5, 5.41) is 9.22. The molecule has 2 aromatic carbocycles. The number of hydrogen-bond donors (Lipinski definition) is 3. The first-order chi connectivity index (χ1) is 16.8. The van der Waals surface area contributed by atoms with Gasteiger partial charge in [0.1, 0.15) is 22.9 Å². The molecule has 1 heterocycles. The van der Waals surface area contributed by atoms with Crippen LogP contribution in [0, 0.1) is 11.3 Å². The minimum Gasteiger partial charge on any atom is -0.457 e. The number of likely N-dealkylation sites (tertiary alicyclic amines) is 1. The van der Waals surface area contributed by atoms with Gasteiger partial charge in [-0.15, -0.1) is 0 Å². The van der Waals surface area contributed by atoms with E-state index in [9.17, 15) is 9.59 Å². The molecule has 2 amide bonds. The standard InChI is InChI=1S/C25H25ClN6O3/c26-17-7-11-20(12-8-17)35-19-9-5-16(6-10-19)23(28)22(25(30)34)24(29)31-18-3-2-14-32(15-18)21(33)4-1-13-27/h1,4-12,18H,2-3,14-15,28H2,(H2,29,31)(H2,30,34)/b4-1+,23-22?. The van der Waals surface area contributed by atoms with Gasteiger partial charge in [-0.1, -0.05) is 11.6 Å². The molecule has 0 saturated carbocycles. The van der Waals surface area contributed by atoms with E-state index in [1.54, 1.807) is 59.5 Å². The van der Waals surface area contributed by atoms with Gasteiger partial charge in [-0.2, -0.15) is 5.26 Å². The molecule has 1 atom stereocenters. The smallest absolute Gasteiger partial charge is 0.254 e. The zero-order chi connectivity index (χ0) is 25.4. The van der Waals surface area contributed by atoms with Crippen molar-refractivity contribution in [3.8, 4) is 17.6 Å². The van der Waals surface area contributed by atoms with Crippen LogP contribution >= 0.6 is 11.6 Å². The fourth-order valence-corrected chi connectivity index (χ4v) is 3.74. The second kappa shape index (κ2) is 11.7. The van der Waals surface area contributed by atoms with Crippen LogP contribution in [0.2, 0.25) is 5.02 Å². The molecule has 0 bridgehead atoms. The molecule has 3 rings (SSSR count). The molecule has 9 nitrogen and oxygen atoms in total. The monoisotopic (exact) mass is 492 g/mol. The summed E-state index contributed by atoms with van der Waals surface area (Å²) in [6.07, 6.45) is 3.72. The minimum atomic E-state index is -0.814. The topological polar surface area (TPSA) is 161 Å². The van der Waals surface area contributed by atoms with Gasteiger partial charge in [0.15, 0.2) is 0 Å². The van der Waals surface area contributed by atoms with Gasteiger partial charge in [0.05, 0.1) is 17.8 Å². The number of amidine groups is 1. The van der Waals surface area contributed by atoms with Crippen LogP contribution in [-0.2, 0) is 9.59 Å². The maximum atomic E-state index is 12.2. The van der Waals surface area contributed by atoms with Crippen LogP contribution in [0.25, 0.3) is 5.70 Å². The highest BCUT2D eigenvalue weighted by Crippen LogP contribution is 2.25. The van der Waals surface area contributed by atoms with Crippen molar-refractivity contribution in [2.45, 2.75) is 18.9 Å². The minimum absolute atomic E-state index is 0.0810. The third-order valence-corrected chi connectivity index (χ3v) is 5.57. The maximum absolute atomic E-state index is 12.2. The Bertz CT molecular complexity index is 1210. The summed E-state index contributed by atoms with van der Waals surface area (Å²) in [5.74, 6) is -0.0167. The molecule has 2 aromatic rings. The molecule has 0 aliphatic carbocycles. The molecule has 1 aliphatic heterocycles. The van der Waals surface area contributed by atoms with Crippen molar-refractivity contribution in [1.29, 1.82) is 5.26 Å². The molecule has 1 saturated heterocycles. The number of carbonyl (C=O) groups excluding carboxylic acids is 2. The fraction of sp³-hybridized carbons (Fsp3) is 0.200. The third kappa shape index (κ3) is 6.85. The second-order valence-corrected chi connectivity index (χ2v) is 8.23. The van der Waals surface area contributed by atoms with Crippen LogP contribution < -0.4 is 21.9 Å². The molecule has 0 radical (unpaired) electrons. The summed E-state index contributed by atoms with van der Waals surface area (Å²) in [5.41, 5.74) is 18.5. The number of rotatable bonds is 7. The number of aliphatic imine (C=N–C) groups is 1. The Balaban J connectivity index is 1.79. The van der Waals surface area contributed by atoms with E-state index in [0.717, 1.165) is 6.08 Å². The highest BCUT2D eigenvalue weighted by molar-refractivity contribution is 6.30. The van der Waals surface area contributed by atoms with E-state index in [1.165, 1.54) is 6.08 Å². The predicted octanol–water partition coefficient (Wildman–Crippen LogP) is 2.72. The van der Waals surface area contributed by atoms with Crippen molar-refractivity contribution < 1.29 is 14.3 Å². The van der Waals surface area contributed by atoms with Crippen LogP contribution in [0.5, 0.6) is 11.5 Å². The first kappa shape index (κ1) is 25.3. The number of nitrogens with two attached hydrogens (primary N) is 3. The molecule has 35 heavy (non-hydrogen) atoms. The van der Waals surface area contributed by atoms with E-state index in [4.69, 9.17) is 38.8 Å². The van der Waals surface area contributed by atoms with Crippen molar-refractivity contribution in [3.63, 3.8) is 0 Å².